The molecule has 0 fully saturated rings. The molecule has 27 heavy (non-hydrogen) atoms. The summed E-state index contributed by atoms with van der Waals surface area (Å²) in [6.07, 6.45) is 1.10. The number of aliphatic hydroxyl groups is 1. The number of para-hydroxylation sites is 1. The fourth-order valence-corrected chi connectivity index (χ4v) is 2.88. The smallest absolute Gasteiger partial charge is 0.170 e. The Balaban J connectivity index is 1.60. The molecule has 2 aromatic carbocycles. The SMILES string of the molecule is CCCc1noc2cccc(OCC(O)CN(CC)Oc3ccccc3)c12. The van der Waals surface area contributed by atoms with Crippen molar-refractivity contribution in [2.75, 3.05) is 19.7 Å². The van der Waals surface area contributed by atoms with Crippen molar-refractivity contribution in [3.63, 3.8) is 0 Å². The van der Waals surface area contributed by atoms with E-state index >= 15 is 0 Å². The van der Waals surface area contributed by atoms with Crippen molar-refractivity contribution in [3.05, 3.63) is 54.2 Å². The summed E-state index contributed by atoms with van der Waals surface area (Å²) in [6.45, 7) is 5.22. The maximum absolute atomic E-state index is 10.4. The Morgan fingerprint density at radius 1 is 1.11 bits per heavy atom. The highest BCUT2D eigenvalue weighted by molar-refractivity contribution is 5.86. The minimum atomic E-state index is -0.696. The number of likely N-dealkylation sites (N-methyl/N-ethyl adjacent to an activating group) is 1. The molecule has 0 radical (unpaired) electrons. The van der Waals surface area contributed by atoms with Gasteiger partial charge in [-0.25, -0.2) is 0 Å². The number of hydrogen-bond acceptors (Lipinski definition) is 6. The van der Waals surface area contributed by atoms with Crippen LogP contribution in [0.2, 0.25) is 0 Å². The van der Waals surface area contributed by atoms with Crippen LogP contribution in [0, 0.1) is 0 Å². The van der Waals surface area contributed by atoms with Crippen LogP contribution in [-0.4, -0.2) is 41.1 Å². The molecule has 1 aromatic heterocycles. The number of hydrogen-bond donors (Lipinski definition) is 1. The highest BCUT2D eigenvalue weighted by Gasteiger charge is 2.16. The molecule has 0 amide bonds. The van der Waals surface area contributed by atoms with Crippen LogP contribution in [0.3, 0.4) is 0 Å². The van der Waals surface area contributed by atoms with Crippen molar-refractivity contribution in [2.45, 2.75) is 32.8 Å². The number of rotatable bonds is 10. The van der Waals surface area contributed by atoms with E-state index in [0.717, 1.165) is 29.7 Å². The molecule has 0 aliphatic rings. The van der Waals surface area contributed by atoms with Gasteiger partial charge in [0.05, 0.1) is 17.6 Å². The van der Waals surface area contributed by atoms with Crippen LogP contribution in [0.15, 0.2) is 53.1 Å². The average molecular weight is 370 g/mol. The van der Waals surface area contributed by atoms with Gasteiger partial charge in [0.25, 0.3) is 0 Å². The lowest BCUT2D eigenvalue weighted by molar-refractivity contribution is -0.0858. The monoisotopic (exact) mass is 370 g/mol. The van der Waals surface area contributed by atoms with Crippen LogP contribution in [0.1, 0.15) is 26.0 Å². The third kappa shape index (κ3) is 4.99. The van der Waals surface area contributed by atoms with Crippen LogP contribution in [0.5, 0.6) is 11.5 Å². The van der Waals surface area contributed by atoms with Gasteiger partial charge >= 0.3 is 0 Å². The van der Waals surface area contributed by atoms with Crippen molar-refractivity contribution < 1.29 is 19.2 Å². The first-order valence-corrected chi connectivity index (χ1v) is 9.37. The molecular formula is C21H26N2O4. The number of ether oxygens (including phenoxy) is 1. The molecule has 144 valence electrons. The first kappa shape index (κ1) is 19.2. The lowest BCUT2D eigenvalue weighted by atomic mass is 10.1. The number of hydroxylamine groups is 2. The average Bonchev–Trinajstić information content (AvgIpc) is 3.10. The van der Waals surface area contributed by atoms with Crippen molar-refractivity contribution >= 4 is 11.0 Å². The molecule has 3 rings (SSSR count). The predicted octanol–water partition coefficient (Wildman–Crippen LogP) is 3.84. The van der Waals surface area contributed by atoms with E-state index in [1.54, 1.807) is 5.06 Å². The Morgan fingerprint density at radius 2 is 1.93 bits per heavy atom. The Hall–Kier alpha value is -2.57. The van der Waals surface area contributed by atoms with Gasteiger partial charge in [0, 0.05) is 6.54 Å². The van der Waals surface area contributed by atoms with Gasteiger partial charge in [-0.3, -0.25) is 0 Å². The third-order valence-electron chi connectivity index (χ3n) is 4.19. The molecule has 0 saturated heterocycles. The van der Waals surface area contributed by atoms with Gasteiger partial charge in [0.15, 0.2) is 5.58 Å². The fraction of sp³-hybridized carbons (Fsp3) is 0.381. The molecule has 0 aliphatic heterocycles. The van der Waals surface area contributed by atoms with E-state index in [9.17, 15) is 5.11 Å². The Morgan fingerprint density at radius 3 is 2.67 bits per heavy atom. The maximum atomic E-state index is 10.4. The first-order valence-electron chi connectivity index (χ1n) is 9.37. The number of fused-ring (bicyclic) bond motifs is 1. The number of aromatic nitrogens is 1. The quantitative estimate of drug-likeness (QED) is 0.547. The van der Waals surface area contributed by atoms with E-state index in [4.69, 9.17) is 14.1 Å². The van der Waals surface area contributed by atoms with Gasteiger partial charge in [0.1, 0.15) is 24.2 Å². The van der Waals surface area contributed by atoms with E-state index in [-0.39, 0.29) is 6.61 Å². The molecule has 0 aliphatic carbocycles. The van der Waals surface area contributed by atoms with Crippen molar-refractivity contribution in [3.8, 4) is 11.5 Å². The van der Waals surface area contributed by atoms with Crippen LogP contribution in [0.4, 0.5) is 0 Å². The summed E-state index contributed by atoms with van der Waals surface area (Å²) in [7, 11) is 0. The second-order valence-corrected chi connectivity index (χ2v) is 6.36. The minimum Gasteiger partial charge on any atom is -0.490 e. The third-order valence-corrected chi connectivity index (χ3v) is 4.19. The highest BCUT2D eigenvalue weighted by Crippen LogP contribution is 2.29. The van der Waals surface area contributed by atoms with Crippen molar-refractivity contribution in [1.82, 2.24) is 10.2 Å². The van der Waals surface area contributed by atoms with Gasteiger partial charge in [-0.05, 0) is 37.6 Å². The van der Waals surface area contributed by atoms with Crippen LogP contribution in [0.25, 0.3) is 11.0 Å². The Bertz CT molecular complexity index is 835. The van der Waals surface area contributed by atoms with Gasteiger partial charge in [-0.15, -0.1) is 5.06 Å². The van der Waals surface area contributed by atoms with E-state index < -0.39 is 6.10 Å². The van der Waals surface area contributed by atoms with Gasteiger partial charge < -0.3 is 19.2 Å². The zero-order valence-corrected chi connectivity index (χ0v) is 15.8. The highest BCUT2D eigenvalue weighted by atomic mass is 16.7. The van der Waals surface area contributed by atoms with Crippen LogP contribution >= 0.6 is 0 Å². The molecule has 0 bridgehead atoms. The van der Waals surface area contributed by atoms with Gasteiger partial charge in [-0.1, -0.05) is 42.8 Å². The zero-order chi connectivity index (χ0) is 19.1. The van der Waals surface area contributed by atoms with Crippen molar-refractivity contribution in [2.24, 2.45) is 0 Å². The lowest BCUT2D eigenvalue weighted by Gasteiger charge is -2.23. The van der Waals surface area contributed by atoms with Gasteiger partial charge in [0.2, 0.25) is 0 Å². The molecule has 1 atom stereocenters. The topological polar surface area (TPSA) is 68.0 Å². The summed E-state index contributed by atoms with van der Waals surface area (Å²) < 4.78 is 11.3. The first-order chi connectivity index (χ1) is 13.2. The maximum Gasteiger partial charge on any atom is 0.170 e. The Labute approximate surface area is 159 Å². The van der Waals surface area contributed by atoms with E-state index in [1.165, 1.54) is 0 Å². The molecule has 1 heterocycles. The van der Waals surface area contributed by atoms with E-state index in [2.05, 4.69) is 12.1 Å². The summed E-state index contributed by atoms with van der Waals surface area (Å²) in [5, 5.41) is 17.1. The summed E-state index contributed by atoms with van der Waals surface area (Å²) in [6, 6.07) is 15.1. The number of aliphatic hydroxyl groups excluding tert-OH is 1. The number of benzene rings is 2. The van der Waals surface area contributed by atoms with Crippen LogP contribution in [-0.2, 0) is 6.42 Å². The second kappa shape index (κ2) is 9.39. The lowest BCUT2D eigenvalue weighted by Crippen LogP contribution is -2.37. The molecule has 1 unspecified atom stereocenters. The Kier molecular flexibility index (Phi) is 6.68. The molecular weight excluding hydrogens is 344 g/mol. The molecule has 6 nitrogen and oxygen atoms in total. The standard InChI is InChI=1S/C21H26N2O4/c1-3-9-18-21-19(12-8-13-20(21)26-22-18)25-15-16(24)14-23(4-2)27-17-10-6-5-7-11-17/h5-8,10-13,16,24H,3-4,9,14-15H2,1-2H3. The molecule has 1 N–H and O–H groups in total. The summed E-state index contributed by atoms with van der Waals surface area (Å²) >= 11 is 0. The minimum absolute atomic E-state index is 0.157. The largest absolute Gasteiger partial charge is 0.490 e. The number of aryl methyl sites for hydroxylation is 1. The number of nitrogens with zero attached hydrogens (tertiary/aromatic N) is 2. The molecule has 3 aromatic rings. The fourth-order valence-electron chi connectivity index (χ4n) is 2.88. The van der Waals surface area contributed by atoms with Gasteiger partial charge in [-0.2, -0.15) is 0 Å². The van der Waals surface area contributed by atoms with Crippen molar-refractivity contribution in [1.29, 1.82) is 0 Å². The predicted molar refractivity (Wildman–Crippen MR) is 104 cm³/mol. The second-order valence-electron chi connectivity index (χ2n) is 6.36. The van der Waals surface area contributed by atoms with E-state index in [1.807, 2.05) is 55.5 Å². The van der Waals surface area contributed by atoms with E-state index in [0.29, 0.717) is 24.4 Å². The molecule has 6 heteroatoms. The summed E-state index contributed by atoms with van der Waals surface area (Å²) in [5.74, 6) is 1.43. The summed E-state index contributed by atoms with van der Waals surface area (Å²) in [5.41, 5.74) is 1.59. The molecule has 0 saturated carbocycles. The zero-order valence-electron chi connectivity index (χ0n) is 15.8. The van der Waals surface area contributed by atoms with Crippen LogP contribution < -0.4 is 9.57 Å². The normalized spacial score (nSPS) is 12.4. The summed E-state index contributed by atoms with van der Waals surface area (Å²) in [4.78, 5) is 5.79. The molecule has 0 spiro atoms.